The molecule has 1 aromatic rings. The van der Waals surface area contributed by atoms with E-state index in [2.05, 4.69) is 41.3 Å². The molecule has 0 radical (unpaired) electrons. The third kappa shape index (κ3) is 9.00. The lowest BCUT2D eigenvalue weighted by molar-refractivity contribution is 0.146. The Bertz CT molecular complexity index is 438. The van der Waals surface area contributed by atoms with Crippen LogP contribution in [-0.4, -0.2) is 51.8 Å². The summed E-state index contributed by atoms with van der Waals surface area (Å²) < 4.78 is 10.5. The van der Waals surface area contributed by atoms with Gasteiger partial charge in [-0.2, -0.15) is 0 Å². The van der Waals surface area contributed by atoms with E-state index in [1.807, 2.05) is 19.2 Å². The van der Waals surface area contributed by atoms with Crippen molar-refractivity contribution in [2.24, 2.45) is 4.99 Å². The van der Waals surface area contributed by atoms with Crippen LogP contribution in [0, 0.1) is 0 Å². The summed E-state index contributed by atoms with van der Waals surface area (Å²) in [6, 6.07) is 8.09. The molecule has 0 atom stereocenters. The van der Waals surface area contributed by atoms with Crippen LogP contribution in [0.2, 0.25) is 0 Å². The highest BCUT2D eigenvalue weighted by Gasteiger charge is 2.04. The van der Waals surface area contributed by atoms with E-state index in [0.29, 0.717) is 13.2 Å². The number of rotatable bonds is 9. The van der Waals surface area contributed by atoms with E-state index in [1.54, 1.807) is 7.11 Å². The maximum atomic E-state index is 5.55. The van der Waals surface area contributed by atoms with Crippen molar-refractivity contribution >= 4 is 29.9 Å². The van der Waals surface area contributed by atoms with E-state index in [1.165, 1.54) is 18.4 Å². The van der Waals surface area contributed by atoms with Crippen LogP contribution in [0.15, 0.2) is 29.3 Å². The van der Waals surface area contributed by atoms with Crippen molar-refractivity contribution in [2.45, 2.75) is 26.3 Å². The number of methoxy groups -OCH3 is 1. The van der Waals surface area contributed by atoms with Gasteiger partial charge in [0.2, 0.25) is 0 Å². The number of halogens is 1. The fraction of sp³-hybridized carbons (Fsp3) is 0.588. The Hall–Kier alpha value is -1.02. The van der Waals surface area contributed by atoms with Crippen molar-refractivity contribution in [3.8, 4) is 5.75 Å². The Morgan fingerprint density at radius 3 is 2.48 bits per heavy atom. The Morgan fingerprint density at radius 1 is 1.22 bits per heavy atom. The molecule has 0 fully saturated rings. The molecule has 0 saturated carbocycles. The van der Waals surface area contributed by atoms with Gasteiger partial charge in [-0.25, -0.2) is 0 Å². The zero-order chi connectivity index (χ0) is 16.2. The standard InChI is InChI=1S/C17H29N3O2.HI/c1-5-6-11-20(3)17(18-2)19-14-15-7-9-16(10-8-15)22-13-12-21-4;/h7-10H,5-6,11-14H2,1-4H3,(H,18,19);1H. The number of nitrogens with zero attached hydrogens (tertiary/aromatic N) is 2. The minimum atomic E-state index is 0. The lowest BCUT2D eigenvalue weighted by Gasteiger charge is -2.21. The van der Waals surface area contributed by atoms with Crippen molar-refractivity contribution in [3.63, 3.8) is 0 Å². The van der Waals surface area contributed by atoms with Gasteiger partial charge in [0.1, 0.15) is 12.4 Å². The third-order valence-corrected chi connectivity index (χ3v) is 3.35. The largest absolute Gasteiger partial charge is 0.491 e. The van der Waals surface area contributed by atoms with Gasteiger partial charge in [-0.3, -0.25) is 4.99 Å². The van der Waals surface area contributed by atoms with E-state index in [-0.39, 0.29) is 24.0 Å². The van der Waals surface area contributed by atoms with Gasteiger partial charge in [-0.1, -0.05) is 25.5 Å². The zero-order valence-electron chi connectivity index (χ0n) is 14.7. The third-order valence-electron chi connectivity index (χ3n) is 3.35. The molecule has 0 aliphatic rings. The van der Waals surface area contributed by atoms with E-state index in [9.17, 15) is 0 Å². The van der Waals surface area contributed by atoms with Crippen LogP contribution in [0.5, 0.6) is 5.75 Å². The lowest BCUT2D eigenvalue weighted by atomic mass is 10.2. The first kappa shape index (κ1) is 22.0. The van der Waals surface area contributed by atoms with Crippen LogP contribution in [0.1, 0.15) is 25.3 Å². The van der Waals surface area contributed by atoms with Crippen LogP contribution in [0.25, 0.3) is 0 Å². The van der Waals surface area contributed by atoms with Gasteiger partial charge in [-0.15, -0.1) is 24.0 Å². The molecular formula is C17H30IN3O2. The van der Waals surface area contributed by atoms with Crippen LogP contribution in [0.3, 0.4) is 0 Å². The number of hydrogen-bond acceptors (Lipinski definition) is 3. The predicted octanol–water partition coefficient (Wildman–Crippen LogP) is 3.14. The van der Waals surface area contributed by atoms with Crippen molar-refractivity contribution in [3.05, 3.63) is 29.8 Å². The molecule has 6 heteroatoms. The summed E-state index contributed by atoms with van der Waals surface area (Å²) in [6.45, 7) is 5.14. The summed E-state index contributed by atoms with van der Waals surface area (Å²) >= 11 is 0. The predicted molar refractivity (Wildman–Crippen MR) is 107 cm³/mol. The van der Waals surface area contributed by atoms with Gasteiger partial charge >= 0.3 is 0 Å². The Labute approximate surface area is 157 Å². The van der Waals surface area contributed by atoms with Gasteiger partial charge in [0.15, 0.2) is 5.96 Å². The number of nitrogens with one attached hydrogen (secondary N) is 1. The molecule has 1 aromatic carbocycles. The highest BCUT2D eigenvalue weighted by atomic mass is 127. The molecule has 132 valence electrons. The molecule has 23 heavy (non-hydrogen) atoms. The van der Waals surface area contributed by atoms with Crippen molar-refractivity contribution < 1.29 is 9.47 Å². The normalized spacial score (nSPS) is 10.9. The SMILES string of the molecule is CCCCN(C)C(=NC)NCc1ccc(OCCOC)cc1.I. The molecule has 1 rings (SSSR count). The van der Waals surface area contributed by atoms with Gasteiger partial charge in [0, 0.05) is 34.3 Å². The number of unbranched alkanes of at least 4 members (excludes halogenated alkanes) is 1. The van der Waals surface area contributed by atoms with Crippen LogP contribution < -0.4 is 10.1 Å². The molecule has 0 saturated heterocycles. The van der Waals surface area contributed by atoms with E-state index < -0.39 is 0 Å². The van der Waals surface area contributed by atoms with E-state index in [4.69, 9.17) is 9.47 Å². The number of benzene rings is 1. The van der Waals surface area contributed by atoms with Crippen molar-refractivity contribution in [1.29, 1.82) is 0 Å². The molecule has 0 spiro atoms. The van der Waals surface area contributed by atoms with Gasteiger partial charge < -0.3 is 19.7 Å². The first-order valence-corrected chi connectivity index (χ1v) is 7.83. The van der Waals surface area contributed by atoms with E-state index >= 15 is 0 Å². The second-order valence-corrected chi connectivity index (χ2v) is 5.16. The summed E-state index contributed by atoms with van der Waals surface area (Å²) in [6.07, 6.45) is 2.36. The smallest absolute Gasteiger partial charge is 0.193 e. The quantitative estimate of drug-likeness (QED) is 0.280. The van der Waals surface area contributed by atoms with Crippen LogP contribution >= 0.6 is 24.0 Å². The maximum Gasteiger partial charge on any atom is 0.193 e. The number of ether oxygens (including phenoxy) is 2. The van der Waals surface area contributed by atoms with E-state index in [0.717, 1.165) is 24.8 Å². The fourth-order valence-electron chi connectivity index (χ4n) is 2.01. The van der Waals surface area contributed by atoms with Gasteiger partial charge in [0.25, 0.3) is 0 Å². The topological polar surface area (TPSA) is 46.1 Å². The highest BCUT2D eigenvalue weighted by molar-refractivity contribution is 14.0. The van der Waals surface area contributed by atoms with Crippen LogP contribution in [-0.2, 0) is 11.3 Å². The zero-order valence-corrected chi connectivity index (χ0v) is 17.0. The molecule has 0 aliphatic heterocycles. The molecular weight excluding hydrogens is 405 g/mol. The summed E-state index contributed by atoms with van der Waals surface area (Å²) in [5.41, 5.74) is 1.20. The first-order valence-electron chi connectivity index (χ1n) is 7.83. The number of guanidine groups is 1. The summed E-state index contributed by atoms with van der Waals surface area (Å²) in [4.78, 5) is 6.47. The monoisotopic (exact) mass is 435 g/mol. The van der Waals surface area contributed by atoms with Crippen molar-refractivity contribution in [1.82, 2.24) is 10.2 Å². The Kier molecular flexibility index (Phi) is 12.8. The lowest BCUT2D eigenvalue weighted by Crippen LogP contribution is -2.38. The minimum Gasteiger partial charge on any atom is -0.491 e. The van der Waals surface area contributed by atoms with Gasteiger partial charge in [-0.05, 0) is 24.1 Å². The van der Waals surface area contributed by atoms with Crippen LogP contribution in [0.4, 0.5) is 0 Å². The Balaban J connectivity index is 0.00000484. The molecule has 0 bridgehead atoms. The number of aliphatic imine (C=N–C) groups is 1. The molecule has 0 heterocycles. The molecule has 1 N–H and O–H groups in total. The summed E-state index contributed by atoms with van der Waals surface area (Å²) in [7, 11) is 5.55. The molecule has 0 unspecified atom stereocenters. The number of hydrogen-bond donors (Lipinski definition) is 1. The average molecular weight is 435 g/mol. The Morgan fingerprint density at radius 2 is 1.91 bits per heavy atom. The molecule has 0 amide bonds. The maximum absolute atomic E-state index is 5.55. The molecule has 0 aliphatic carbocycles. The summed E-state index contributed by atoms with van der Waals surface area (Å²) in [5, 5.41) is 3.38. The minimum absolute atomic E-state index is 0. The fourth-order valence-corrected chi connectivity index (χ4v) is 2.01. The second-order valence-electron chi connectivity index (χ2n) is 5.16. The summed E-state index contributed by atoms with van der Waals surface area (Å²) in [5.74, 6) is 1.79. The molecule has 5 nitrogen and oxygen atoms in total. The van der Waals surface area contributed by atoms with Crippen molar-refractivity contribution in [2.75, 3.05) is 41.0 Å². The second kappa shape index (κ2) is 13.4. The first-order chi connectivity index (χ1) is 10.7. The molecule has 0 aromatic heterocycles. The van der Waals surface area contributed by atoms with Gasteiger partial charge in [0.05, 0.1) is 6.61 Å². The highest BCUT2D eigenvalue weighted by Crippen LogP contribution is 2.12. The average Bonchev–Trinajstić information content (AvgIpc) is 2.55.